The van der Waals surface area contributed by atoms with Crippen LogP contribution in [0.15, 0.2) is 35.1 Å². The number of nitrogens with zero attached hydrogens (tertiary/aromatic N) is 1. The van der Waals surface area contributed by atoms with Gasteiger partial charge in [0.2, 0.25) is 0 Å². The molecule has 0 aromatic rings. The number of hydrogen-bond acceptors (Lipinski definition) is 3. The van der Waals surface area contributed by atoms with E-state index in [-0.39, 0.29) is 11.8 Å². The number of nitrogens with two attached hydrogens (primary N) is 1. The van der Waals surface area contributed by atoms with Gasteiger partial charge in [0.1, 0.15) is 0 Å². The molecule has 1 atom stereocenters. The summed E-state index contributed by atoms with van der Waals surface area (Å²) < 4.78 is 0. The third kappa shape index (κ3) is 3.95. The Labute approximate surface area is 118 Å². The molecule has 1 saturated heterocycles. The second-order valence-electron chi connectivity index (χ2n) is 5.81. The van der Waals surface area contributed by atoms with E-state index in [2.05, 4.69) is 70.0 Å². The summed E-state index contributed by atoms with van der Waals surface area (Å²) in [6.45, 7) is 13.8. The SMILES string of the molecule is CC=C(C)C=CC(=C(C)CC)N1CC(N)NC1(C)C. The summed E-state index contributed by atoms with van der Waals surface area (Å²) in [4.78, 5) is 2.37. The highest BCUT2D eigenvalue weighted by molar-refractivity contribution is 5.31. The molecule has 0 radical (unpaired) electrons. The molecule has 1 aliphatic rings. The van der Waals surface area contributed by atoms with Gasteiger partial charge in [-0.1, -0.05) is 30.2 Å². The van der Waals surface area contributed by atoms with Gasteiger partial charge in [-0.15, -0.1) is 0 Å². The monoisotopic (exact) mass is 263 g/mol. The summed E-state index contributed by atoms with van der Waals surface area (Å²) in [7, 11) is 0. The topological polar surface area (TPSA) is 41.3 Å². The highest BCUT2D eigenvalue weighted by atomic mass is 15.4. The lowest BCUT2D eigenvalue weighted by Crippen LogP contribution is -2.47. The molecule has 0 saturated carbocycles. The van der Waals surface area contributed by atoms with Crippen molar-refractivity contribution in [2.75, 3.05) is 6.54 Å². The van der Waals surface area contributed by atoms with Crippen LogP contribution in [0.3, 0.4) is 0 Å². The van der Waals surface area contributed by atoms with Crippen molar-refractivity contribution >= 4 is 0 Å². The number of hydrogen-bond donors (Lipinski definition) is 2. The second kappa shape index (κ2) is 6.40. The molecule has 1 unspecified atom stereocenters. The van der Waals surface area contributed by atoms with Gasteiger partial charge in [-0.05, 0) is 47.1 Å². The van der Waals surface area contributed by atoms with Crippen LogP contribution in [-0.4, -0.2) is 23.3 Å². The lowest BCUT2D eigenvalue weighted by atomic mass is 10.1. The second-order valence-corrected chi connectivity index (χ2v) is 5.81. The van der Waals surface area contributed by atoms with E-state index in [1.54, 1.807) is 0 Å². The lowest BCUT2D eigenvalue weighted by molar-refractivity contribution is 0.209. The van der Waals surface area contributed by atoms with Crippen LogP contribution in [0.2, 0.25) is 0 Å². The minimum absolute atomic E-state index is 0.0332. The van der Waals surface area contributed by atoms with Crippen molar-refractivity contribution in [1.82, 2.24) is 10.2 Å². The average Bonchev–Trinajstić information content (AvgIpc) is 2.62. The molecule has 1 fully saturated rings. The van der Waals surface area contributed by atoms with Gasteiger partial charge in [0.15, 0.2) is 0 Å². The van der Waals surface area contributed by atoms with Gasteiger partial charge in [0.25, 0.3) is 0 Å². The first-order valence-electron chi connectivity index (χ1n) is 7.13. The molecule has 0 aromatic carbocycles. The third-order valence-electron chi connectivity index (χ3n) is 3.81. The summed E-state index contributed by atoms with van der Waals surface area (Å²) in [5.74, 6) is 0. The summed E-state index contributed by atoms with van der Waals surface area (Å²) >= 11 is 0. The maximum Gasteiger partial charge on any atom is 0.0864 e. The first-order valence-corrected chi connectivity index (χ1v) is 7.13. The van der Waals surface area contributed by atoms with Crippen LogP contribution in [0.25, 0.3) is 0 Å². The van der Waals surface area contributed by atoms with Crippen LogP contribution in [-0.2, 0) is 0 Å². The smallest absolute Gasteiger partial charge is 0.0864 e. The molecule has 1 heterocycles. The largest absolute Gasteiger partial charge is 0.351 e. The van der Waals surface area contributed by atoms with E-state index in [0.717, 1.165) is 13.0 Å². The summed E-state index contributed by atoms with van der Waals surface area (Å²) in [5.41, 5.74) is 9.91. The van der Waals surface area contributed by atoms with Crippen molar-refractivity contribution in [3.8, 4) is 0 Å². The molecular weight excluding hydrogens is 234 g/mol. The highest BCUT2D eigenvalue weighted by Crippen LogP contribution is 2.27. The van der Waals surface area contributed by atoms with Crippen molar-refractivity contribution in [1.29, 1.82) is 0 Å². The molecule has 3 heteroatoms. The van der Waals surface area contributed by atoms with Gasteiger partial charge in [0.05, 0.1) is 11.8 Å². The van der Waals surface area contributed by atoms with Gasteiger partial charge >= 0.3 is 0 Å². The maximum absolute atomic E-state index is 6.05. The van der Waals surface area contributed by atoms with E-state index in [9.17, 15) is 0 Å². The quantitative estimate of drug-likeness (QED) is 0.766. The van der Waals surface area contributed by atoms with Crippen LogP contribution in [0.4, 0.5) is 0 Å². The molecule has 1 rings (SSSR count). The summed E-state index contributed by atoms with van der Waals surface area (Å²) in [6.07, 6.45) is 7.60. The van der Waals surface area contributed by atoms with Crippen LogP contribution < -0.4 is 11.1 Å². The fourth-order valence-corrected chi connectivity index (χ4v) is 2.35. The van der Waals surface area contributed by atoms with Crippen molar-refractivity contribution in [2.45, 2.75) is 59.8 Å². The summed E-state index contributed by atoms with van der Waals surface area (Å²) in [6, 6.07) is 0. The first kappa shape index (κ1) is 16.0. The van der Waals surface area contributed by atoms with E-state index in [1.807, 2.05) is 0 Å². The Balaban J connectivity index is 3.10. The maximum atomic E-state index is 6.05. The number of allylic oxidation sites excluding steroid dienone is 5. The Morgan fingerprint density at radius 3 is 2.42 bits per heavy atom. The zero-order valence-electron chi connectivity index (χ0n) is 13.2. The Hall–Kier alpha value is -1.06. The van der Waals surface area contributed by atoms with Crippen LogP contribution in [0, 0.1) is 0 Å². The molecule has 1 aliphatic heterocycles. The fourth-order valence-electron chi connectivity index (χ4n) is 2.35. The van der Waals surface area contributed by atoms with Gasteiger partial charge in [-0.2, -0.15) is 0 Å². The van der Waals surface area contributed by atoms with Crippen LogP contribution in [0.5, 0.6) is 0 Å². The summed E-state index contributed by atoms with van der Waals surface area (Å²) in [5, 5.41) is 3.43. The normalized spacial score (nSPS) is 25.1. The molecule has 19 heavy (non-hydrogen) atoms. The fraction of sp³-hybridized carbons (Fsp3) is 0.625. The van der Waals surface area contributed by atoms with Crippen LogP contribution >= 0.6 is 0 Å². The minimum atomic E-state index is -0.0979. The number of rotatable bonds is 4. The van der Waals surface area contributed by atoms with E-state index in [0.29, 0.717) is 0 Å². The molecule has 3 N–H and O–H groups in total. The van der Waals surface area contributed by atoms with Gasteiger partial charge < -0.3 is 10.6 Å². The van der Waals surface area contributed by atoms with Crippen molar-refractivity contribution < 1.29 is 0 Å². The zero-order chi connectivity index (χ0) is 14.6. The minimum Gasteiger partial charge on any atom is -0.351 e. The Bertz CT molecular complexity index is 402. The molecule has 0 aromatic heterocycles. The lowest BCUT2D eigenvalue weighted by Gasteiger charge is -2.35. The molecule has 3 nitrogen and oxygen atoms in total. The Morgan fingerprint density at radius 2 is 2.00 bits per heavy atom. The third-order valence-corrected chi connectivity index (χ3v) is 3.81. The predicted octanol–water partition coefficient (Wildman–Crippen LogP) is 3.12. The molecule has 0 amide bonds. The van der Waals surface area contributed by atoms with E-state index < -0.39 is 0 Å². The molecule has 0 bridgehead atoms. The van der Waals surface area contributed by atoms with E-state index in [1.165, 1.54) is 16.8 Å². The van der Waals surface area contributed by atoms with Gasteiger partial charge in [-0.3, -0.25) is 5.32 Å². The standard InChI is InChI=1S/C16H29N3/c1-7-12(3)9-10-14(13(4)8-2)19-11-15(17)18-16(19,5)6/h7,9-10,15,18H,8,11,17H2,1-6H3. The average molecular weight is 263 g/mol. The number of nitrogens with one attached hydrogen (secondary N) is 1. The van der Waals surface area contributed by atoms with Crippen molar-refractivity contribution in [3.63, 3.8) is 0 Å². The first-order chi connectivity index (χ1) is 8.81. The molecular formula is C16H29N3. The molecule has 0 spiro atoms. The Kier molecular flexibility index (Phi) is 5.39. The van der Waals surface area contributed by atoms with Crippen molar-refractivity contribution in [2.24, 2.45) is 5.73 Å². The van der Waals surface area contributed by atoms with Crippen LogP contribution in [0.1, 0.15) is 48.0 Å². The predicted molar refractivity (Wildman–Crippen MR) is 83.5 cm³/mol. The Morgan fingerprint density at radius 1 is 1.37 bits per heavy atom. The molecule has 108 valence electrons. The van der Waals surface area contributed by atoms with Gasteiger partial charge in [0, 0.05) is 12.2 Å². The zero-order valence-corrected chi connectivity index (χ0v) is 13.2. The van der Waals surface area contributed by atoms with Gasteiger partial charge in [-0.25, -0.2) is 0 Å². The van der Waals surface area contributed by atoms with E-state index >= 15 is 0 Å². The highest BCUT2D eigenvalue weighted by Gasteiger charge is 2.36. The molecule has 0 aliphatic carbocycles. The van der Waals surface area contributed by atoms with E-state index in [4.69, 9.17) is 5.73 Å². The van der Waals surface area contributed by atoms with Crippen molar-refractivity contribution in [3.05, 3.63) is 35.1 Å².